The van der Waals surface area contributed by atoms with Crippen LogP contribution < -0.4 is 0 Å². The van der Waals surface area contributed by atoms with Crippen LogP contribution in [-0.4, -0.2) is 44.5 Å². The fraction of sp³-hybridized carbons (Fsp3) is 0.650. The van der Waals surface area contributed by atoms with Crippen LogP contribution in [-0.2, 0) is 28.5 Å². The number of hydrogen-bond acceptors (Lipinski definition) is 7. The van der Waals surface area contributed by atoms with Crippen LogP contribution in [0.1, 0.15) is 53.9 Å². The van der Waals surface area contributed by atoms with Crippen LogP contribution in [0.5, 0.6) is 0 Å². The molecule has 7 nitrogen and oxygen atoms in total. The molecule has 0 aromatic heterocycles. The third-order valence-corrected chi connectivity index (χ3v) is 3.56. The minimum absolute atomic E-state index is 0.190. The smallest absolute Gasteiger partial charge is 0.465 e. The third-order valence-electron chi connectivity index (χ3n) is 3.56. The Bertz CT molecular complexity index is 516. The molecule has 27 heavy (non-hydrogen) atoms. The van der Waals surface area contributed by atoms with Crippen molar-refractivity contribution in [1.82, 2.24) is 0 Å². The van der Waals surface area contributed by atoms with E-state index in [4.69, 9.17) is 14.2 Å². The highest BCUT2D eigenvalue weighted by atomic mass is 16.7. The summed E-state index contributed by atoms with van der Waals surface area (Å²) in [5, 5.41) is 0. The first-order valence-electron chi connectivity index (χ1n) is 9.29. The highest BCUT2D eigenvalue weighted by Gasteiger charge is 2.28. The molecule has 0 unspecified atom stereocenters. The lowest BCUT2D eigenvalue weighted by atomic mass is 10.0. The molecule has 0 aliphatic heterocycles. The molecule has 0 saturated heterocycles. The van der Waals surface area contributed by atoms with E-state index in [0.717, 1.165) is 24.0 Å². The fourth-order valence-electron chi connectivity index (χ4n) is 2.13. The topological polar surface area (TPSA) is 88.1 Å². The fourth-order valence-corrected chi connectivity index (χ4v) is 2.13. The summed E-state index contributed by atoms with van der Waals surface area (Å²) < 4.78 is 19.5. The van der Waals surface area contributed by atoms with E-state index < -0.39 is 24.0 Å². The SMILES string of the molecule is CCOC(=O)OC/C(C)=C/CC/C(C)=C/CC(C(=O)OCC)C(=O)OCC. The Hall–Kier alpha value is -2.31. The molecule has 0 rings (SSSR count). The van der Waals surface area contributed by atoms with Gasteiger partial charge < -0.3 is 18.9 Å². The summed E-state index contributed by atoms with van der Waals surface area (Å²) in [6.07, 6.45) is 4.92. The highest BCUT2D eigenvalue weighted by Crippen LogP contribution is 2.14. The van der Waals surface area contributed by atoms with E-state index in [0.29, 0.717) is 0 Å². The quantitative estimate of drug-likeness (QED) is 0.218. The number of allylic oxidation sites excluding steroid dienone is 3. The Morgan fingerprint density at radius 2 is 1.33 bits per heavy atom. The summed E-state index contributed by atoms with van der Waals surface area (Å²) >= 11 is 0. The van der Waals surface area contributed by atoms with Gasteiger partial charge in [0.2, 0.25) is 0 Å². The van der Waals surface area contributed by atoms with Crippen molar-refractivity contribution in [2.75, 3.05) is 26.4 Å². The molecule has 0 N–H and O–H groups in total. The van der Waals surface area contributed by atoms with Gasteiger partial charge in [0, 0.05) is 0 Å². The summed E-state index contributed by atoms with van der Waals surface area (Å²) in [7, 11) is 0. The number of rotatable bonds is 12. The molecule has 0 radical (unpaired) electrons. The van der Waals surface area contributed by atoms with Crippen molar-refractivity contribution in [3.8, 4) is 0 Å². The zero-order valence-corrected chi connectivity index (χ0v) is 17.0. The molecule has 0 aliphatic rings. The summed E-state index contributed by atoms with van der Waals surface area (Å²) in [5.74, 6) is -2.06. The Morgan fingerprint density at radius 1 is 0.778 bits per heavy atom. The molecule has 0 heterocycles. The van der Waals surface area contributed by atoms with E-state index >= 15 is 0 Å². The van der Waals surface area contributed by atoms with Gasteiger partial charge in [0.1, 0.15) is 6.61 Å². The summed E-state index contributed by atoms with van der Waals surface area (Å²) in [6.45, 7) is 9.82. The van der Waals surface area contributed by atoms with Crippen molar-refractivity contribution in [1.29, 1.82) is 0 Å². The number of carbonyl (C=O) groups is 3. The highest BCUT2D eigenvalue weighted by molar-refractivity contribution is 5.95. The molecule has 0 fully saturated rings. The van der Waals surface area contributed by atoms with Gasteiger partial charge in [0.05, 0.1) is 19.8 Å². The average Bonchev–Trinajstić information content (AvgIpc) is 2.61. The molecule has 0 spiro atoms. The van der Waals surface area contributed by atoms with E-state index in [9.17, 15) is 14.4 Å². The first-order valence-corrected chi connectivity index (χ1v) is 9.29. The summed E-state index contributed by atoms with van der Waals surface area (Å²) in [5.41, 5.74) is 1.97. The van der Waals surface area contributed by atoms with Crippen molar-refractivity contribution in [3.63, 3.8) is 0 Å². The second kappa shape index (κ2) is 14.8. The van der Waals surface area contributed by atoms with Crippen LogP contribution >= 0.6 is 0 Å². The maximum Gasteiger partial charge on any atom is 0.508 e. The van der Waals surface area contributed by atoms with Crippen LogP contribution in [0.15, 0.2) is 23.3 Å². The van der Waals surface area contributed by atoms with Crippen molar-refractivity contribution in [3.05, 3.63) is 23.3 Å². The Morgan fingerprint density at radius 3 is 1.85 bits per heavy atom. The molecule has 0 amide bonds. The van der Waals surface area contributed by atoms with Crippen LogP contribution in [0.4, 0.5) is 4.79 Å². The Balaban J connectivity index is 4.51. The minimum atomic E-state index is -0.935. The predicted molar refractivity (Wildman–Crippen MR) is 101 cm³/mol. The van der Waals surface area contributed by atoms with E-state index in [2.05, 4.69) is 4.74 Å². The lowest BCUT2D eigenvalue weighted by Crippen LogP contribution is -2.27. The van der Waals surface area contributed by atoms with Gasteiger partial charge in [-0.25, -0.2) is 4.79 Å². The lowest BCUT2D eigenvalue weighted by Gasteiger charge is -2.13. The van der Waals surface area contributed by atoms with E-state index in [1.165, 1.54) is 0 Å². The Kier molecular flexibility index (Phi) is 13.5. The molecule has 0 atom stereocenters. The molecule has 0 saturated carbocycles. The normalized spacial score (nSPS) is 11.9. The molecule has 154 valence electrons. The second-order valence-corrected chi connectivity index (χ2v) is 5.90. The average molecular weight is 384 g/mol. The third kappa shape index (κ3) is 11.8. The van der Waals surface area contributed by atoms with Crippen LogP contribution in [0.3, 0.4) is 0 Å². The van der Waals surface area contributed by atoms with Gasteiger partial charge in [-0.1, -0.05) is 17.7 Å². The van der Waals surface area contributed by atoms with Crippen molar-refractivity contribution in [2.24, 2.45) is 5.92 Å². The number of carbonyl (C=O) groups excluding carboxylic acids is 3. The second-order valence-electron chi connectivity index (χ2n) is 5.90. The van der Waals surface area contributed by atoms with Gasteiger partial charge in [-0.05, 0) is 59.5 Å². The van der Waals surface area contributed by atoms with Gasteiger partial charge in [-0.3, -0.25) is 9.59 Å². The lowest BCUT2D eigenvalue weighted by molar-refractivity contribution is -0.161. The van der Waals surface area contributed by atoms with E-state index in [-0.39, 0.29) is 32.8 Å². The summed E-state index contributed by atoms with van der Waals surface area (Å²) in [6, 6.07) is 0. The summed E-state index contributed by atoms with van der Waals surface area (Å²) in [4.78, 5) is 35.0. The molecule has 0 bridgehead atoms. The van der Waals surface area contributed by atoms with Gasteiger partial charge in [-0.2, -0.15) is 0 Å². The molecule has 0 aliphatic carbocycles. The van der Waals surface area contributed by atoms with Gasteiger partial charge in [0.25, 0.3) is 0 Å². The number of ether oxygens (including phenoxy) is 4. The zero-order valence-electron chi connectivity index (χ0n) is 17.0. The predicted octanol–water partition coefficient (Wildman–Crippen LogP) is 3.96. The number of esters is 2. The molecular formula is C20H32O7. The zero-order chi connectivity index (χ0) is 20.7. The largest absolute Gasteiger partial charge is 0.508 e. The molecular weight excluding hydrogens is 352 g/mol. The molecule has 7 heteroatoms. The van der Waals surface area contributed by atoms with Crippen LogP contribution in [0.25, 0.3) is 0 Å². The Labute approximate surface area is 161 Å². The van der Waals surface area contributed by atoms with Gasteiger partial charge in [-0.15, -0.1) is 0 Å². The van der Waals surface area contributed by atoms with Crippen molar-refractivity contribution < 1.29 is 33.3 Å². The maximum atomic E-state index is 11.9. The van der Waals surface area contributed by atoms with Crippen molar-refractivity contribution in [2.45, 2.75) is 53.9 Å². The standard InChI is InChI=1S/C20H32O7/c1-6-24-18(21)17(19(22)25-7-2)13-12-15(4)10-9-11-16(5)14-27-20(23)26-8-3/h11-12,17H,6-10,13-14H2,1-5H3/b15-12+,16-11+. The van der Waals surface area contributed by atoms with Crippen LogP contribution in [0.2, 0.25) is 0 Å². The van der Waals surface area contributed by atoms with Crippen molar-refractivity contribution >= 4 is 18.1 Å². The monoisotopic (exact) mass is 384 g/mol. The van der Waals surface area contributed by atoms with E-state index in [1.54, 1.807) is 20.8 Å². The number of hydrogen-bond donors (Lipinski definition) is 0. The maximum absolute atomic E-state index is 11.9. The van der Waals surface area contributed by atoms with Gasteiger partial charge >= 0.3 is 18.1 Å². The molecule has 0 aromatic carbocycles. The molecule has 0 aromatic rings. The van der Waals surface area contributed by atoms with Crippen LogP contribution in [0, 0.1) is 5.92 Å². The van der Waals surface area contributed by atoms with Gasteiger partial charge in [0.15, 0.2) is 5.92 Å². The first kappa shape index (κ1) is 24.7. The first-order chi connectivity index (χ1) is 12.8. The van der Waals surface area contributed by atoms with E-state index in [1.807, 2.05) is 26.0 Å². The minimum Gasteiger partial charge on any atom is -0.465 e.